The highest BCUT2D eigenvalue weighted by Gasteiger charge is 2.72. The van der Waals surface area contributed by atoms with Crippen LogP contribution < -0.4 is 21.5 Å². The summed E-state index contributed by atoms with van der Waals surface area (Å²) in [7, 11) is -4.67. The molecular formula is C27H43N5O9S. The summed E-state index contributed by atoms with van der Waals surface area (Å²) in [6.07, 6.45) is 5.65. The molecule has 15 heteroatoms. The number of aliphatic hydroxyl groups is 1. The second-order valence-electron chi connectivity index (χ2n) is 11.9. The van der Waals surface area contributed by atoms with Crippen molar-refractivity contribution in [1.82, 2.24) is 10.2 Å². The van der Waals surface area contributed by atoms with E-state index in [2.05, 4.69) is 21.3 Å². The summed E-state index contributed by atoms with van der Waals surface area (Å²) in [5.74, 6) is 1.63. The molecular weight excluding hydrogens is 570 g/mol. The first-order chi connectivity index (χ1) is 19.9. The van der Waals surface area contributed by atoms with E-state index in [4.69, 9.17) is 43.2 Å². The number of ether oxygens (including phenoxy) is 3. The van der Waals surface area contributed by atoms with Crippen LogP contribution in [0.4, 0.5) is 0 Å². The smallest absolute Gasteiger partial charge is 0.394 e. The predicted octanol–water partition coefficient (Wildman–Crippen LogP) is -0.432. The fraction of sp³-hybridized carbons (Fsp3) is 0.741. The maximum Gasteiger partial charge on any atom is 0.394 e. The van der Waals surface area contributed by atoms with Crippen LogP contribution in [0.15, 0.2) is 17.1 Å². The summed E-state index contributed by atoms with van der Waals surface area (Å²) in [5, 5.41) is 26.9. The van der Waals surface area contributed by atoms with Gasteiger partial charge in [0.2, 0.25) is 0 Å². The van der Waals surface area contributed by atoms with Crippen molar-refractivity contribution >= 4 is 16.4 Å². The van der Waals surface area contributed by atoms with Crippen LogP contribution in [0.25, 0.3) is 0 Å². The molecule has 0 aromatic heterocycles. The molecule has 5 aliphatic rings. The van der Waals surface area contributed by atoms with E-state index in [1.165, 1.54) is 18.4 Å². The Labute approximate surface area is 246 Å². The molecule has 6 rings (SSSR count). The monoisotopic (exact) mass is 613 g/mol. The van der Waals surface area contributed by atoms with Crippen LogP contribution in [0.2, 0.25) is 0 Å². The number of hydrogen-bond donors (Lipinski definition) is 7. The topological polar surface area (TPSA) is 222 Å². The molecule has 2 saturated carbocycles. The lowest BCUT2D eigenvalue weighted by molar-refractivity contribution is -0.191. The van der Waals surface area contributed by atoms with Gasteiger partial charge in [-0.15, -0.1) is 0 Å². The van der Waals surface area contributed by atoms with E-state index in [9.17, 15) is 10.2 Å². The molecule has 1 aromatic carbocycles. The minimum absolute atomic E-state index is 0.0694. The van der Waals surface area contributed by atoms with Crippen LogP contribution in [0.1, 0.15) is 43.2 Å². The van der Waals surface area contributed by atoms with Gasteiger partial charge in [0.1, 0.15) is 6.10 Å². The Morgan fingerprint density at radius 1 is 1.12 bits per heavy atom. The van der Waals surface area contributed by atoms with Crippen molar-refractivity contribution < 1.29 is 41.9 Å². The van der Waals surface area contributed by atoms with Crippen molar-refractivity contribution in [2.75, 3.05) is 52.6 Å². The molecule has 3 fully saturated rings. The second-order valence-corrected chi connectivity index (χ2v) is 12.8. The Balaban J connectivity index is 0.000000652. The largest absolute Gasteiger partial charge is 0.504 e. The van der Waals surface area contributed by atoms with E-state index >= 15 is 0 Å². The Hall–Kier alpha value is -2.24. The fourth-order valence-corrected chi connectivity index (χ4v) is 7.57. The number of hydrogen-bond acceptors (Lipinski definition) is 10. The van der Waals surface area contributed by atoms with Crippen LogP contribution in [-0.4, -0.2) is 115 Å². The van der Waals surface area contributed by atoms with Gasteiger partial charge in [0.05, 0.1) is 44.0 Å². The highest BCUT2D eigenvalue weighted by molar-refractivity contribution is 7.79. The normalized spacial score (nSPS) is 31.0. The number of benzene rings is 1. The zero-order valence-electron chi connectivity index (χ0n) is 23.7. The first kappa shape index (κ1) is 31.2. The minimum atomic E-state index is -4.67. The molecule has 236 valence electrons. The number of aromatic hydroxyl groups is 1. The van der Waals surface area contributed by atoms with E-state index in [1.807, 2.05) is 0 Å². The zero-order chi connectivity index (χ0) is 30.1. The number of aliphatic imine (C=N–C) groups is 1. The third-order valence-electron chi connectivity index (χ3n) is 9.32. The second kappa shape index (κ2) is 12.4. The van der Waals surface area contributed by atoms with E-state index < -0.39 is 21.4 Å². The molecule has 14 nitrogen and oxygen atoms in total. The van der Waals surface area contributed by atoms with Gasteiger partial charge in [0, 0.05) is 30.7 Å². The number of nitrogens with one attached hydrogen (secondary N) is 1. The number of likely N-dealkylation sites (tertiary alicyclic amines) is 1. The van der Waals surface area contributed by atoms with Crippen LogP contribution >= 0.6 is 0 Å². The number of nitrogens with two attached hydrogens (primary N) is 2. The number of phenols is 1. The van der Waals surface area contributed by atoms with Gasteiger partial charge in [-0.05, 0) is 62.6 Å². The minimum Gasteiger partial charge on any atom is -0.504 e. The number of piperidine rings is 1. The Bertz CT molecular complexity index is 1250. The standard InChI is InChI=1S/C27H41N5O5.H2O4S/c28-25(29)31-9-12-36-14-13-35-11-8-30-19-5-6-27(34)21-15-18-3-4-20(33)23-22(18)26(27,24(19)37-23)7-10-32(21)16-17-1-2-17;1-5(2,3)4/h3-4,17,19,21,24,30,33-34H,1-2,5-16H2,(H4,28,29,31);(H2,1,2,3,4)/t19-,21?,24+,26?,27-;/m1./s1. The maximum absolute atomic E-state index is 12.5. The van der Waals surface area contributed by atoms with Crippen molar-refractivity contribution in [2.45, 2.75) is 67.7 Å². The first-order valence-corrected chi connectivity index (χ1v) is 16.0. The fourth-order valence-electron chi connectivity index (χ4n) is 7.57. The molecule has 42 heavy (non-hydrogen) atoms. The quantitative estimate of drug-likeness (QED) is 0.0689. The molecule has 2 unspecified atom stereocenters. The lowest BCUT2D eigenvalue weighted by Gasteiger charge is -2.64. The van der Waals surface area contributed by atoms with Gasteiger partial charge in [-0.25, -0.2) is 0 Å². The van der Waals surface area contributed by atoms with Crippen molar-refractivity contribution in [1.29, 1.82) is 0 Å². The molecule has 1 aromatic rings. The Morgan fingerprint density at radius 2 is 1.83 bits per heavy atom. The molecule has 0 radical (unpaired) electrons. The molecule has 1 spiro atoms. The molecule has 9 N–H and O–H groups in total. The SMILES string of the molecule is NC(N)=NCCOCCOCCN[C@@H]1CC[C@@]2(O)C3Cc4ccc(O)c5c4C2(CCN3CC2CC2)[C@H]1O5.O=S(=O)(O)O. The maximum atomic E-state index is 12.5. The van der Waals surface area contributed by atoms with E-state index in [1.54, 1.807) is 6.07 Å². The van der Waals surface area contributed by atoms with Gasteiger partial charge in [-0.1, -0.05) is 6.07 Å². The molecule has 0 amide bonds. The summed E-state index contributed by atoms with van der Waals surface area (Å²) >= 11 is 0. The third-order valence-corrected chi connectivity index (χ3v) is 9.32. The lowest BCUT2D eigenvalue weighted by atomic mass is 9.48. The van der Waals surface area contributed by atoms with E-state index in [0.717, 1.165) is 50.3 Å². The lowest BCUT2D eigenvalue weighted by Crippen LogP contribution is -2.78. The molecule has 2 bridgehead atoms. The highest BCUT2D eigenvalue weighted by atomic mass is 32.3. The Morgan fingerprint density at radius 3 is 2.52 bits per heavy atom. The number of nitrogens with zero attached hydrogens (tertiary/aromatic N) is 2. The van der Waals surface area contributed by atoms with Gasteiger partial charge in [-0.3, -0.25) is 19.0 Å². The van der Waals surface area contributed by atoms with Crippen molar-refractivity contribution in [3.63, 3.8) is 0 Å². The molecule has 3 aliphatic carbocycles. The molecule has 5 atom stereocenters. The molecule has 1 saturated heterocycles. The van der Waals surface area contributed by atoms with Crippen LogP contribution in [0.3, 0.4) is 0 Å². The van der Waals surface area contributed by atoms with Crippen molar-refractivity contribution in [2.24, 2.45) is 22.4 Å². The van der Waals surface area contributed by atoms with Gasteiger partial charge < -0.3 is 41.2 Å². The number of rotatable bonds is 12. The third kappa shape index (κ3) is 6.33. The van der Waals surface area contributed by atoms with E-state index in [0.29, 0.717) is 45.3 Å². The predicted molar refractivity (Wildman–Crippen MR) is 153 cm³/mol. The van der Waals surface area contributed by atoms with Crippen molar-refractivity contribution in [3.8, 4) is 11.5 Å². The average Bonchev–Trinajstić information content (AvgIpc) is 3.65. The Kier molecular flexibility index (Phi) is 9.21. The van der Waals surface area contributed by atoms with Crippen LogP contribution in [0.5, 0.6) is 11.5 Å². The van der Waals surface area contributed by atoms with Gasteiger partial charge >= 0.3 is 10.4 Å². The van der Waals surface area contributed by atoms with Crippen molar-refractivity contribution in [3.05, 3.63) is 23.3 Å². The summed E-state index contributed by atoms with van der Waals surface area (Å²) < 4.78 is 49.4. The van der Waals surface area contributed by atoms with Crippen LogP contribution in [-0.2, 0) is 31.7 Å². The first-order valence-electron chi connectivity index (χ1n) is 14.6. The van der Waals surface area contributed by atoms with Gasteiger partial charge in [-0.2, -0.15) is 8.42 Å². The summed E-state index contributed by atoms with van der Waals surface area (Å²) in [6, 6.07) is 4.00. The summed E-state index contributed by atoms with van der Waals surface area (Å²) in [5.41, 5.74) is 11.6. The molecule has 2 heterocycles. The number of phenolic OH excluding ortho intramolecular Hbond substituents is 1. The van der Waals surface area contributed by atoms with Crippen LogP contribution in [0, 0.1) is 5.92 Å². The van der Waals surface area contributed by atoms with E-state index in [-0.39, 0.29) is 29.9 Å². The average molecular weight is 614 g/mol. The number of guanidine groups is 1. The van der Waals surface area contributed by atoms with Gasteiger partial charge in [0.15, 0.2) is 17.5 Å². The molecule has 2 aliphatic heterocycles. The van der Waals surface area contributed by atoms with Gasteiger partial charge in [0.25, 0.3) is 0 Å². The summed E-state index contributed by atoms with van der Waals surface area (Å²) in [4.78, 5) is 6.44. The summed E-state index contributed by atoms with van der Waals surface area (Å²) in [6.45, 7) is 5.18. The highest BCUT2D eigenvalue weighted by Crippen LogP contribution is 2.65. The zero-order valence-corrected chi connectivity index (χ0v) is 24.5.